The van der Waals surface area contributed by atoms with Crippen LogP contribution in [0.5, 0.6) is 0 Å². The Hall–Kier alpha value is -1.32. The highest BCUT2D eigenvalue weighted by Crippen LogP contribution is 2.28. The van der Waals surface area contributed by atoms with Crippen LogP contribution in [0, 0.1) is 0 Å². The van der Waals surface area contributed by atoms with E-state index in [4.69, 9.17) is 0 Å². The van der Waals surface area contributed by atoms with E-state index in [1.807, 2.05) is 18.4 Å². The van der Waals surface area contributed by atoms with Gasteiger partial charge < -0.3 is 10.2 Å². The van der Waals surface area contributed by atoms with E-state index < -0.39 is 0 Å². The van der Waals surface area contributed by atoms with Crippen LogP contribution in [0.4, 0.5) is 5.69 Å². The third-order valence-corrected chi connectivity index (χ3v) is 5.02. The van der Waals surface area contributed by atoms with Crippen molar-refractivity contribution in [3.05, 3.63) is 51.7 Å². The molecule has 1 aromatic carbocycles. The zero-order valence-corrected chi connectivity index (χ0v) is 12.3. The van der Waals surface area contributed by atoms with E-state index in [2.05, 4.69) is 52.9 Å². The molecule has 3 rings (SSSR count). The van der Waals surface area contributed by atoms with E-state index in [0.29, 0.717) is 6.04 Å². The van der Waals surface area contributed by atoms with Gasteiger partial charge in [-0.2, -0.15) is 0 Å². The summed E-state index contributed by atoms with van der Waals surface area (Å²) >= 11 is 1.90. The fourth-order valence-electron chi connectivity index (χ4n) is 2.61. The molecule has 0 amide bonds. The van der Waals surface area contributed by atoms with Crippen molar-refractivity contribution in [3.63, 3.8) is 0 Å². The first-order chi connectivity index (χ1) is 9.28. The van der Waals surface area contributed by atoms with E-state index in [1.165, 1.54) is 23.2 Å². The normalized spacial score (nSPS) is 16.2. The van der Waals surface area contributed by atoms with Gasteiger partial charge in [0.1, 0.15) is 0 Å². The zero-order valence-electron chi connectivity index (χ0n) is 11.5. The summed E-state index contributed by atoms with van der Waals surface area (Å²) in [4.78, 5) is 4.04. The molecule has 0 aliphatic carbocycles. The number of nitrogens with one attached hydrogen (secondary N) is 1. The molecule has 1 atom stereocenters. The highest BCUT2D eigenvalue weighted by molar-refractivity contribution is 7.10. The molecule has 1 aromatic heterocycles. The maximum absolute atomic E-state index is 3.28. The van der Waals surface area contributed by atoms with Crippen molar-refractivity contribution in [1.29, 1.82) is 0 Å². The lowest BCUT2D eigenvalue weighted by Crippen LogP contribution is -2.29. The second-order valence-corrected chi connectivity index (χ2v) is 6.14. The molecule has 19 heavy (non-hydrogen) atoms. The minimum atomic E-state index is 0.416. The molecule has 1 aliphatic rings. The zero-order chi connectivity index (χ0) is 13.2. The molecular weight excluding hydrogens is 252 g/mol. The van der Waals surface area contributed by atoms with Gasteiger partial charge in [0.05, 0.1) is 0 Å². The van der Waals surface area contributed by atoms with E-state index in [1.54, 1.807) is 4.88 Å². The SMILES string of the molecule is CNC(C)c1ccc(N2CCc3sccc3C2)cc1. The van der Waals surface area contributed by atoms with Crippen molar-refractivity contribution >= 4 is 17.0 Å². The van der Waals surface area contributed by atoms with Crippen LogP contribution in [-0.2, 0) is 13.0 Å². The van der Waals surface area contributed by atoms with Gasteiger partial charge in [-0.15, -0.1) is 11.3 Å². The third-order valence-electron chi connectivity index (χ3n) is 4.00. The average molecular weight is 272 g/mol. The third kappa shape index (κ3) is 2.53. The molecule has 3 heteroatoms. The quantitative estimate of drug-likeness (QED) is 0.918. The van der Waals surface area contributed by atoms with Crippen molar-refractivity contribution in [2.75, 3.05) is 18.5 Å². The molecule has 0 saturated carbocycles. The molecule has 2 heterocycles. The summed E-state index contributed by atoms with van der Waals surface area (Å²) in [6, 6.07) is 11.7. The topological polar surface area (TPSA) is 15.3 Å². The average Bonchev–Trinajstić information content (AvgIpc) is 2.94. The summed E-state index contributed by atoms with van der Waals surface area (Å²) in [7, 11) is 2.00. The van der Waals surface area contributed by atoms with Crippen LogP contribution in [0.3, 0.4) is 0 Å². The number of hydrogen-bond donors (Lipinski definition) is 1. The second-order valence-electron chi connectivity index (χ2n) is 5.14. The Balaban J connectivity index is 1.77. The van der Waals surface area contributed by atoms with Gasteiger partial charge in [-0.3, -0.25) is 0 Å². The summed E-state index contributed by atoms with van der Waals surface area (Å²) in [6.45, 7) is 4.38. The number of rotatable bonds is 3. The van der Waals surface area contributed by atoms with Crippen LogP contribution >= 0.6 is 11.3 Å². The van der Waals surface area contributed by atoms with Gasteiger partial charge in [-0.05, 0) is 55.1 Å². The smallest absolute Gasteiger partial charge is 0.0440 e. The van der Waals surface area contributed by atoms with Gasteiger partial charge in [-0.1, -0.05) is 12.1 Å². The molecule has 0 spiro atoms. The van der Waals surface area contributed by atoms with Gasteiger partial charge >= 0.3 is 0 Å². The van der Waals surface area contributed by atoms with Crippen molar-refractivity contribution in [2.45, 2.75) is 25.9 Å². The molecular formula is C16H20N2S. The minimum absolute atomic E-state index is 0.416. The van der Waals surface area contributed by atoms with Crippen LogP contribution in [0.2, 0.25) is 0 Å². The van der Waals surface area contributed by atoms with Crippen molar-refractivity contribution in [3.8, 4) is 0 Å². The molecule has 1 unspecified atom stereocenters. The lowest BCUT2D eigenvalue weighted by molar-refractivity contribution is 0.652. The molecule has 0 fully saturated rings. The Morgan fingerprint density at radius 2 is 2.00 bits per heavy atom. The van der Waals surface area contributed by atoms with Crippen LogP contribution in [-0.4, -0.2) is 13.6 Å². The van der Waals surface area contributed by atoms with Crippen LogP contribution in [0.25, 0.3) is 0 Å². The first-order valence-corrected chi connectivity index (χ1v) is 7.73. The van der Waals surface area contributed by atoms with Crippen LogP contribution < -0.4 is 10.2 Å². The van der Waals surface area contributed by atoms with Crippen molar-refractivity contribution in [1.82, 2.24) is 5.32 Å². The van der Waals surface area contributed by atoms with E-state index in [0.717, 1.165) is 13.1 Å². The summed E-state index contributed by atoms with van der Waals surface area (Å²) in [5, 5.41) is 5.49. The Morgan fingerprint density at radius 1 is 1.21 bits per heavy atom. The molecule has 1 N–H and O–H groups in total. The number of fused-ring (bicyclic) bond motifs is 1. The Bertz CT molecular complexity index is 544. The summed E-state index contributed by atoms with van der Waals surface area (Å²) in [6.07, 6.45) is 1.18. The molecule has 100 valence electrons. The van der Waals surface area contributed by atoms with E-state index in [9.17, 15) is 0 Å². The molecule has 0 saturated heterocycles. The second kappa shape index (κ2) is 5.35. The fourth-order valence-corrected chi connectivity index (χ4v) is 3.50. The predicted molar refractivity (Wildman–Crippen MR) is 83.0 cm³/mol. The Kier molecular flexibility index (Phi) is 3.58. The molecule has 2 aromatic rings. The van der Waals surface area contributed by atoms with Crippen LogP contribution in [0.1, 0.15) is 29.0 Å². The minimum Gasteiger partial charge on any atom is -0.367 e. The number of hydrogen-bond acceptors (Lipinski definition) is 3. The van der Waals surface area contributed by atoms with E-state index in [-0.39, 0.29) is 0 Å². The standard InChI is InChI=1S/C16H20N2S/c1-12(17-2)13-3-5-15(6-4-13)18-9-7-16-14(11-18)8-10-19-16/h3-6,8,10,12,17H,7,9,11H2,1-2H3. The first-order valence-electron chi connectivity index (χ1n) is 6.85. The molecule has 2 nitrogen and oxygen atoms in total. The number of benzene rings is 1. The highest BCUT2D eigenvalue weighted by atomic mass is 32.1. The fraction of sp³-hybridized carbons (Fsp3) is 0.375. The summed E-state index contributed by atoms with van der Waals surface area (Å²) < 4.78 is 0. The van der Waals surface area contributed by atoms with Gasteiger partial charge in [0, 0.05) is 29.7 Å². The Labute approximate surface area is 119 Å². The number of thiophene rings is 1. The number of nitrogens with zero attached hydrogens (tertiary/aromatic N) is 1. The highest BCUT2D eigenvalue weighted by Gasteiger charge is 2.17. The number of anilines is 1. The van der Waals surface area contributed by atoms with Gasteiger partial charge in [0.2, 0.25) is 0 Å². The predicted octanol–water partition coefficient (Wildman–Crippen LogP) is 3.59. The summed E-state index contributed by atoms with van der Waals surface area (Å²) in [5.41, 5.74) is 4.19. The summed E-state index contributed by atoms with van der Waals surface area (Å²) in [5.74, 6) is 0. The largest absolute Gasteiger partial charge is 0.367 e. The van der Waals surface area contributed by atoms with Crippen LogP contribution in [0.15, 0.2) is 35.7 Å². The van der Waals surface area contributed by atoms with Gasteiger partial charge in [-0.25, -0.2) is 0 Å². The van der Waals surface area contributed by atoms with Gasteiger partial charge in [0.25, 0.3) is 0 Å². The Morgan fingerprint density at radius 3 is 2.74 bits per heavy atom. The molecule has 0 bridgehead atoms. The van der Waals surface area contributed by atoms with Crippen molar-refractivity contribution < 1.29 is 0 Å². The maximum Gasteiger partial charge on any atom is 0.0440 e. The lowest BCUT2D eigenvalue weighted by Gasteiger charge is -2.29. The van der Waals surface area contributed by atoms with E-state index >= 15 is 0 Å². The first kappa shape index (κ1) is 12.7. The van der Waals surface area contributed by atoms with Gasteiger partial charge in [0.15, 0.2) is 0 Å². The maximum atomic E-state index is 3.28. The molecule has 0 radical (unpaired) electrons. The van der Waals surface area contributed by atoms with Crippen molar-refractivity contribution in [2.24, 2.45) is 0 Å². The lowest BCUT2D eigenvalue weighted by atomic mass is 10.1. The molecule has 1 aliphatic heterocycles. The monoisotopic (exact) mass is 272 g/mol.